The summed E-state index contributed by atoms with van der Waals surface area (Å²) in [4.78, 5) is 20.9. The molecule has 1 saturated heterocycles. The molecule has 0 radical (unpaired) electrons. The molecule has 1 aliphatic rings. The lowest BCUT2D eigenvalue weighted by Crippen LogP contribution is -2.47. The second-order valence-electron chi connectivity index (χ2n) is 8.86. The smallest absolute Gasteiger partial charge is 0.336 e. The van der Waals surface area contributed by atoms with Crippen LogP contribution in [0.2, 0.25) is 0 Å². The second-order valence-corrected chi connectivity index (χ2v) is 10.5. The van der Waals surface area contributed by atoms with Crippen LogP contribution in [0.15, 0.2) is 77.7 Å². The molecule has 2 heterocycles. The molecule has 0 spiro atoms. The first-order valence-corrected chi connectivity index (χ1v) is 13.2. The minimum absolute atomic E-state index is 0. The van der Waals surface area contributed by atoms with Crippen molar-refractivity contribution < 1.29 is 22.7 Å². The molecule has 0 unspecified atom stereocenters. The maximum atomic E-state index is 14.2. The number of carbonyl (C=O) groups is 1. The van der Waals surface area contributed by atoms with Gasteiger partial charge in [0.25, 0.3) is 10.0 Å². The monoisotopic (exact) mass is 628 g/mol. The van der Waals surface area contributed by atoms with E-state index in [0.717, 1.165) is 0 Å². The topological polar surface area (TPSA) is 103 Å². The predicted molar refractivity (Wildman–Crippen MR) is 163 cm³/mol. The Morgan fingerprint density at radius 1 is 0.900 bits per heavy atom. The lowest BCUT2D eigenvalue weighted by atomic mass is 10.1. The maximum Gasteiger partial charge on any atom is 0.336 e. The minimum atomic E-state index is -3.86. The number of carboxylic acids is 1. The van der Waals surface area contributed by atoms with Gasteiger partial charge in [-0.15, -0.1) is 37.2 Å². The van der Waals surface area contributed by atoms with Gasteiger partial charge in [-0.2, -0.15) is 0 Å². The molecule has 4 aromatic rings. The number of anilines is 3. The number of sulfonamides is 1. The van der Waals surface area contributed by atoms with Gasteiger partial charge in [0.05, 0.1) is 21.7 Å². The highest BCUT2D eigenvalue weighted by molar-refractivity contribution is 7.92. The Hall–Kier alpha value is -3.31. The van der Waals surface area contributed by atoms with Crippen LogP contribution in [-0.4, -0.2) is 50.7 Å². The molecule has 0 amide bonds. The maximum absolute atomic E-state index is 14.2. The van der Waals surface area contributed by atoms with Crippen molar-refractivity contribution in [1.82, 2.24) is 4.98 Å². The van der Waals surface area contributed by atoms with E-state index in [0.29, 0.717) is 54.2 Å². The number of piperazine rings is 1. The van der Waals surface area contributed by atoms with Crippen molar-refractivity contribution in [3.63, 3.8) is 0 Å². The van der Waals surface area contributed by atoms with E-state index >= 15 is 0 Å². The van der Waals surface area contributed by atoms with Gasteiger partial charge < -0.3 is 14.9 Å². The van der Waals surface area contributed by atoms with Crippen LogP contribution < -0.4 is 14.5 Å². The first-order valence-electron chi connectivity index (χ1n) is 11.7. The van der Waals surface area contributed by atoms with Crippen molar-refractivity contribution >= 4 is 81.3 Å². The number of halogens is 4. The number of pyridine rings is 1. The highest BCUT2D eigenvalue weighted by atomic mass is 35.5. The Labute approximate surface area is 250 Å². The van der Waals surface area contributed by atoms with Crippen LogP contribution in [-0.2, 0) is 10.0 Å². The van der Waals surface area contributed by atoms with Gasteiger partial charge in [0.1, 0.15) is 11.6 Å². The Balaban J connectivity index is 0.00000187. The van der Waals surface area contributed by atoms with Crippen LogP contribution in [0.1, 0.15) is 15.9 Å². The number of nitrogens with one attached hydrogen (secondary N) is 1. The molecule has 13 heteroatoms. The Kier molecular flexibility index (Phi) is 11.0. The number of aryl methyl sites for hydroxylation is 1. The SMILES string of the molecule is Cc1ccccc1S(=O)(=O)Nc1ccc2nc(N3CCN(c4ccccc4F)CC3)cc(C(=O)O)c2c1.Cl.Cl.Cl. The van der Waals surface area contributed by atoms with E-state index in [1.165, 1.54) is 24.3 Å². The average Bonchev–Trinajstić information content (AvgIpc) is 2.88. The van der Waals surface area contributed by atoms with E-state index in [1.807, 2.05) is 9.80 Å². The number of nitrogens with zero attached hydrogens (tertiary/aromatic N) is 3. The summed E-state index contributed by atoms with van der Waals surface area (Å²) >= 11 is 0. The number of carboxylic acid groups (broad SMARTS) is 1. The number of rotatable bonds is 6. The molecule has 0 bridgehead atoms. The van der Waals surface area contributed by atoms with Gasteiger partial charge in [0.2, 0.25) is 0 Å². The molecular weight excluding hydrogens is 602 g/mol. The van der Waals surface area contributed by atoms with Crippen LogP contribution in [0.5, 0.6) is 0 Å². The van der Waals surface area contributed by atoms with Crippen LogP contribution in [0.4, 0.5) is 21.6 Å². The van der Waals surface area contributed by atoms with Crippen LogP contribution in [0.25, 0.3) is 10.9 Å². The first-order chi connectivity index (χ1) is 17.7. The van der Waals surface area contributed by atoms with Gasteiger partial charge in [-0.3, -0.25) is 4.72 Å². The number of hydrogen-bond donors (Lipinski definition) is 2. The zero-order valence-electron chi connectivity index (χ0n) is 21.3. The van der Waals surface area contributed by atoms with Crippen molar-refractivity contribution in [3.8, 4) is 0 Å². The van der Waals surface area contributed by atoms with Gasteiger partial charge in [-0.25, -0.2) is 22.6 Å². The molecule has 0 aliphatic carbocycles. The van der Waals surface area contributed by atoms with Gasteiger partial charge in [-0.05, 0) is 55.0 Å². The Morgan fingerprint density at radius 2 is 1.52 bits per heavy atom. The summed E-state index contributed by atoms with van der Waals surface area (Å²) in [5.41, 5.74) is 1.84. The molecular formula is C27H28Cl3FN4O4S. The molecule has 3 aromatic carbocycles. The largest absolute Gasteiger partial charge is 0.478 e. The third-order valence-corrected chi connectivity index (χ3v) is 8.00. The molecule has 8 nitrogen and oxygen atoms in total. The number of hydrogen-bond acceptors (Lipinski definition) is 6. The van der Waals surface area contributed by atoms with Gasteiger partial charge in [0, 0.05) is 37.3 Å². The standard InChI is InChI=1S/C27H25FN4O4S.3ClH/c1-18-6-2-5-9-25(18)37(35,36)30-19-10-11-23-20(16-19)21(27(33)34)17-26(29-23)32-14-12-31(13-15-32)24-8-4-3-7-22(24)28;;;/h2-11,16-17,30H,12-15H2,1H3,(H,33,34);3*1H. The highest BCUT2D eigenvalue weighted by Crippen LogP contribution is 2.29. The van der Waals surface area contributed by atoms with E-state index < -0.39 is 16.0 Å². The van der Waals surface area contributed by atoms with Crippen molar-refractivity contribution in [1.29, 1.82) is 0 Å². The van der Waals surface area contributed by atoms with Crippen molar-refractivity contribution in [2.75, 3.05) is 40.7 Å². The van der Waals surface area contributed by atoms with Crippen LogP contribution >= 0.6 is 37.2 Å². The summed E-state index contributed by atoms with van der Waals surface area (Å²) in [6.07, 6.45) is 0. The zero-order chi connectivity index (χ0) is 26.2. The van der Waals surface area contributed by atoms with E-state index in [1.54, 1.807) is 55.5 Å². The van der Waals surface area contributed by atoms with E-state index in [4.69, 9.17) is 0 Å². The second kappa shape index (κ2) is 13.4. The summed E-state index contributed by atoms with van der Waals surface area (Å²) in [6.45, 7) is 3.91. The van der Waals surface area contributed by atoms with E-state index in [-0.39, 0.29) is 59.2 Å². The third kappa shape index (κ3) is 6.69. The molecule has 2 N–H and O–H groups in total. The predicted octanol–water partition coefficient (Wildman–Crippen LogP) is 5.77. The fourth-order valence-electron chi connectivity index (χ4n) is 4.57. The fourth-order valence-corrected chi connectivity index (χ4v) is 5.86. The normalized spacial score (nSPS) is 13.1. The van der Waals surface area contributed by atoms with Crippen molar-refractivity contribution in [3.05, 3.63) is 89.7 Å². The Bertz CT molecular complexity index is 1620. The van der Waals surface area contributed by atoms with Crippen LogP contribution in [0.3, 0.4) is 0 Å². The number of fused-ring (bicyclic) bond motifs is 1. The summed E-state index contributed by atoms with van der Waals surface area (Å²) in [6, 6.07) is 19.4. The van der Waals surface area contributed by atoms with Crippen molar-refractivity contribution in [2.45, 2.75) is 11.8 Å². The van der Waals surface area contributed by atoms with Gasteiger partial charge >= 0.3 is 5.97 Å². The number of para-hydroxylation sites is 1. The van der Waals surface area contributed by atoms with E-state index in [9.17, 15) is 22.7 Å². The lowest BCUT2D eigenvalue weighted by molar-refractivity contribution is 0.0699. The molecule has 0 saturated carbocycles. The van der Waals surface area contributed by atoms with Crippen molar-refractivity contribution in [2.24, 2.45) is 0 Å². The molecule has 40 heavy (non-hydrogen) atoms. The van der Waals surface area contributed by atoms with Gasteiger partial charge in [0.15, 0.2) is 0 Å². The average molecular weight is 630 g/mol. The summed E-state index contributed by atoms with van der Waals surface area (Å²) in [5.74, 6) is -0.911. The van der Waals surface area contributed by atoms with E-state index in [2.05, 4.69) is 9.71 Å². The lowest BCUT2D eigenvalue weighted by Gasteiger charge is -2.37. The molecule has 1 aromatic heterocycles. The molecule has 1 aliphatic heterocycles. The minimum Gasteiger partial charge on any atom is -0.478 e. The fraction of sp³-hybridized carbons (Fsp3) is 0.185. The molecule has 214 valence electrons. The molecule has 0 atom stereocenters. The quantitative estimate of drug-likeness (QED) is 0.279. The summed E-state index contributed by atoms with van der Waals surface area (Å²) in [7, 11) is -3.86. The first kappa shape index (κ1) is 32.9. The third-order valence-electron chi connectivity index (χ3n) is 6.46. The summed E-state index contributed by atoms with van der Waals surface area (Å²) < 4.78 is 42.5. The highest BCUT2D eigenvalue weighted by Gasteiger charge is 2.23. The molecule has 5 rings (SSSR count). The summed E-state index contributed by atoms with van der Waals surface area (Å²) in [5, 5.41) is 10.3. The van der Waals surface area contributed by atoms with Crippen LogP contribution in [0, 0.1) is 12.7 Å². The number of aromatic carboxylic acids is 1. The zero-order valence-corrected chi connectivity index (χ0v) is 24.5. The molecule has 1 fully saturated rings. The Morgan fingerprint density at radius 3 is 2.17 bits per heavy atom. The van der Waals surface area contributed by atoms with Gasteiger partial charge in [-0.1, -0.05) is 30.3 Å². The number of benzene rings is 3. The number of aromatic nitrogens is 1.